The number of thioether (sulfide) groups is 1. The van der Waals surface area contributed by atoms with Gasteiger partial charge in [0.05, 0.1) is 14.9 Å². The van der Waals surface area contributed by atoms with E-state index in [1.807, 2.05) is 0 Å². The van der Waals surface area contributed by atoms with Gasteiger partial charge in [0.2, 0.25) is 0 Å². The number of nitro benzene ring substituents is 1. The Morgan fingerprint density at radius 3 is 2.77 bits per heavy atom. The van der Waals surface area contributed by atoms with Gasteiger partial charge in [-0.1, -0.05) is 23.7 Å². The number of carbonyl (C=O) groups excluding carboxylic acids is 1. The number of nitro groups is 1. The van der Waals surface area contributed by atoms with E-state index in [1.54, 1.807) is 24.3 Å². The number of hydrogen-bond donors (Lipinski definition) is 1. The molecular formula is C20H11ClFN3O4S. The molecule has 1 amide bonds. The molecule has 0 aliphatic carbocycles. The molecule has 2 heterocycles. The largest absolute Gasteiger partial charge is 0.457 e. The van der Waals surface area contributed by atoms with Crippen LogP contribution in [0.4, 0.5) is 15.8 Å². The number of para-hydroxylation sites is 1. The molecule has 1 aliphatic rings. The van der Waals surface area contributed by atoms with Gasteiger partial charge in [0.15, 0.2) is 5.17 Å². The summed E-state index contributed by atoms with van der Waals surface area (Å²) in [7, 11) is 0. The number of amides is 1. The Morgan fingerprint density at radius 2 is 2.00 bits per heavy atom. The zero-order valence-electron chi connectivity index (χ0n) is 15.0. The first-order valence-corrected chi connectivity index (χ1v) is 9.68. The van der Waals surface area contributed by atoms with Crippen LogP contribution in [0.5, 0.6) is 0 Å². The molecule has 1 saturated heterocycles. The van der Waals surface area contributed by atoms with Crippen molar-refractivity contribution in [1.29, 1.82) is 0 Å². The number of hydrogen-bond acceptors (Lipinski definition) is 6. The van der Waals surface area contributed by atoms with Gasteiger partial charge < -0.3 is 9.73 Å². The first kappa shape index (κ1) is 19.9. The summed E-state index contributed by atoms with van der Waals surface area (Å²) in [5.41, 5.74) is 0.355. The molecule has 0 atom stereocenters. The fraction of sp³-hybridized carbons (Fsp3) is 0. The number of nitrogens with one attached hydrogen (secondary N) is 1. The van der Waals surface area contributed by atoms with E-state index in [1.165, 1.54) is 36.4 Å². The third kappa shape index (κ3) is 4.12. The van der Waals surface area contributed by atoms with E-state index < -0.39 is 16.6 Å². The van der Waals surface area contributed by atoms with Crippen molar-refractivity contribution in [2.24, 2.45) is 4.99 Å². The Kier molecular flexibility index (Phi) is 5.39. The highest BCUT2D eigenvalue weighted by Crippen LogP contribution is 2.34. The summed E-state index contributed by atoms with van der Waals surface area (Å²) in [5, 5.41) is 14.1. The normalized spacial score (nSPS) is 16.3. The van der Waals surface area contributed by atoms with Crippen LogP contribution in [0, 0.1) is 15.9 Å². The highest BCUT2D eigenvalue weighted by molar-refractivity contribution is 8.18. The van der Waals surface area contributed by atoms with Crippen LogP contribution in [0.2, 0.25) is 5.02 Å². The van der Waals surface area contributed by atoms with Crippen molar-refractivity contribution in [3.8, 4) is 11.3 Å². The predicted octanol–water partition coefficient (Wildman–Crippen LogP) is 5.54. The lowest BCUT2D eigenvalue weighted by molar-refractivity contribution is -0.384. The third-order valence-corrected chi connectivity index (χ3v) is 5.29. The van der Waals surface area contributed by atoms with Crippen molar-refractivity contribution in [3.05, 3.63) is 86.2 Å². The average molecular weight is 444 g/mol. The molecule has 30 heavy (non-hydrogen) atoms. The van der Waals surface area contributed by atoms with E-state index in [4.69, 9.17) is 16.0 Å². The zero-order valence-corrected chi connectivity index (χ0v) is 16.5. The van der Waals surface area contributed by atoms with Gasteiger partial charge in [0.25, 0.3) is 11.6 Å². The summed E-state index contributed by atoms with van der Waals surface area (Å²) in [6, 6.07) is 13.2. The molecule has 1 aromatic heterocycles. The lowest BCUT2D eigenvalue weighted by Gasteiger charge is -2.00. The molecule has 1 fully saturated rings. The van der Waals surface area contributed by atoms with E-state index >= 15 is 0 Å². The fourth-order valence-electron chi connectivity index (χ4n) is 2.65. The molecule has 1 N–H and O–H groups in total. The summed E-state index contributed by atoms with van der Waals surface area (Å²) < 4.78 is 19.4. The number of halogens is 2. The fourth-order valence-corrected chi connectivity index (χ4v) is 3.68. The molecule has 0 saturated carbocycles. The molecule has 10 heteroatoms. The van der Waals surface area contributed by atoms with Crippen LogP contribution in [0.3, 0.4) is 0 Å². The van der Waals surface area contributed by atoms with E-state index in [-0.39, 0.29) is 16.5 Å². The Labute approximate surface area is 178 Å². The van der Waals surface area contributed by atoms with Crippen LogP contribution >= 0.6 is 23.4 Å². The highest BCUT2D eigenvalue weighted by atomic mass is 35.5. The Bertz CT molecular complexity index is 1240. The second kappa shape index (κ2) is 8.13. The minimum absolute atomic E-state index is 0.113. The molecule has 7 nitrogen and oxygen atoms in total. The summed E-state index contributed by atoms with van der Waals surface area (Å²) >= 11 is 7.17. The van der Waals surface area contributed by atoms with E-state index in [9.17, 15) is 19.3 Å². The van der Waals surface area contributed by atoms with Gasteiger partial charge in [0.1, 0.15) is 23.0 Å². The highest BCUT2D eigenvalue weighted by Gasteiger charge is 2.25. The Balaban J connectivity index is 1.59. The molecule has 3 aromatic rings. The second-order valence-electron chi connectivity index (χ2n) is 6.06. The molecule has 4 rings (SSSR count). The van der Waals surface area contributed by atoms with Gasteiger partial charge in [-0.3, -0.25) is 14.9 Å². The van der Waals surface area contributed by atoms with E-state index in [2.05, 4.69) is 10.3 Å². The molecule has 150 valence electrons. The predicted molar refractivity (Wildman–Crippen MR) is 113 cm³/mol. The van der Waals surface area contributed by atoms with Gasteiger partial charge >= 0.3 is 0 Å². The summed E-state index contributed by atoms with van der Waals surface area (Å²) in [6.07, 6.45) is 1.50. The number of nitrogens with zero attached hydrogens (tertiary/aromatic N) is 2. The number of benzene rings is 2. The van der Waals surface area contributed by atoms with Crippen LogP contribution < -0.4 is 5.32 Å². The van der Waals surface area contributed by atoms with Gasteiger partial charge in [-0.25, -0.2) is 9.38 Å². The van der Waals surface area contributed by atoms with Crippen LogP contribution in [0.15, 0.2) is 68.9 Å². The third-order valence-electron chi connectivity index (χ3n) is 4.05. The van der Waals surface area contributed by atoms with Gasteiger partial charge in [-0.05, 0) is 42.1 Å². The van der Waals surface area contributed by atoms with Crippen LogP contribution in [0.25, 0.3) is 17.4 Å². The number of rotatable bonds is 4. The molecule has 0 bridgehead atoms. The SMILES string of the molecule is O=C1NC(=Nc2ccccc2F)S/C1=C\c1ccc(-c2cc([N+](=O)[O-])ccc2Cl)o1. The smallest absolute Gasteiger partial charge is 0.270 e. The molecule has 2 aromatic carbocycles. The maximum absolute atomic E-state index is 13.7. The summed E-state index contributed by atoms with van der Waals surface area (Å²) in [5.74, 6) is -0.236. The lowest BCUT2D eigenvalue weighted by atomic mass is 10.1. The average Bonchev–Trinajstić information content (AvgIpc) is 3.31. The van der Waals surface area contributed by atoms with Crippen molar-refractivity contribution < 1.29 is 18.5 Å². The van der Waals surface area contributed by atoms with Crippen molar-refractivity contribution in [1.82, 2.24) is 5.32 Å². The standard InChI is InChI=1S/C20H11ClFN3O4S/c21-14-7-5-11(25(27)28)9-13(14)17-8-6-12(29-17)10-18-19(26)24-20(30-18)23-16-4-2-1-3-15(16)22/h1-10H,(H,23,24,26)/b18-10-. The minimum atomic E-state index is -0.526. The van der Waals surface area contributed by atoms with E-state index in [0.29, 0.717) is 27.0 Å². The molecular weight excluding hydrogens is 433 g/mol. The minimum Gasteiger partial charge on any atom is -0.457 e. The maximum atomic E-state index is 13.7. The van der Waals surface area contributed by atoms with Gasteiger partial charge in [-0.2, -0.15) is 0 Å². The number of furan rings is 1. The van der Waals surface area contributed by atoms with Crippen LogP contribution in [-0.2, 0) is 4.79 Å². The molecule has 1 aliphatic heterocycles. The first-order chi connectivity index (χ1) is 14.4. The number of amidine groups is 1. The van der Waals surface area contributed by atoms with Crippen molar-refractivity contribution in [2.75, 3.05) is 0 Å². The quantitative estimate of drug-likeness (QED) is 0.324. The molecule has 0 unspecified atom stereocenters. The molecule has 0 spiro atoms. The lowest BCUT2D eigenvalue weighted by Crippen LogP contribution is -2.19. The van der Waals surface area contributed by atoms with Gasteiger partial charge in [0, 0.05) is 23.8 Å². The number of carbonyl (C=O) groups is 1. The maximum Gasteiger partial charge on any atom is 0.270 e. The zero-order chi connectivity index (χ0) is 21.3. The van der Waals surface area contributed by atoms with Crippen LogP contribution in [0.1, 0.15) is 5.76 Å². The van der Waals surface area contributed by atoms with Crippen molar-refractivity contribution in [2.45, 2.75) is 0 Å². The van der Waals surface area contributed by atoms with Gasteiger partial charge in [-0.15, -0.1) is 0 Å². The Morgan fingerprint density at radius 1 is 1.20 bits per heavy atom. The summed E-state index contributed by atoms with van der Waals surface area (Å²) in [6.45, 7) is 0. The Hall–Kier alpha value is -3.43. The van der Waals surface area contributed by atoms with Crippen molar-refractivity contribution >= 4 is 51.9 Å². The number of aliphatic imine (C=N–C) groups is 1. The van der Waals surface area contributed by atoms with E-state index in [0.717, 1.165) is 11.8 Å². The topological polar surface area (TPSA) is 97.7 Å². The molecule has 0 radical (unpaired) electrons. The van der Waals surface area contributed by atoms with Crippen molar-refractivity contribution in [3.63, 3.8) is 0 Å². The first-order valence-electron chi connectivity index (χ1n) is 8.49. The van der Waals surface area contributed by atoms with Crippen LogP contribution in [-0.4, -0.2) is 16.0 Å². The second-order valence-corrected chi connectivity index (χ2v) is 7.49. The monoisotopic (exact) mass is 443 g/mol. The number of non-ortho nitro benzene ring substituents is 1. The summed E-state index contributed by atoms with van der Waals surface area (Å²) in [4.78, 5) is 27.1.